The number of hydrogen-bond donors (Lipinski definition) is 1. The van der Waals surface area contributed by atoms with Gasteiger partial charge in [-0.2, -0.15) is 0 Å². The molecule has 1 N–H and O–H groups in total. The minimum absolute atomic E-state index is 0.211. The molecule has 0 aromatic heterocycles. The Morgan fingerprint density at radius 2 is 1.94 bits per heavy atom. The van der Waals surface area contributed by atoms with Crippen LogP contribution in [0.4, 0.5) is 0 Å². The normalized spacial score (nSPS) is 22.5. The summed E-state index contributed by atoms with van der Waals surface area (Å²) in [6, 6.07) is 9.32. The first-order chi connectivity index (χ1) is 7.68. The van der Waals surface area contributed by atoms with Crippen LogP contribution in [0.5, 0.6) is 0 Å². The number of benzene rings is 1. The van der Waals surface area contributed by atoms with E-state index in [1.54, 1.807) is 0 Å². The Morgan fingerprint density at radius 1 is 1.25 bits per heavy atom. The number of esters is 1. The molecule has 0 saturated heterocycles. The molecule has 84 valence electrons. The molecular weight excluding hydrogens is 208 g/mol. The molecule has 1 saturated carbocycles. The van der Waals surface area contributed by atoms with Crippen LogP contribution in [0, 0.1) is 11.8 Å². The molecule has 1 aromatic carbocycles. The standard InChI is InChI=1S/C12H12O4/c13-11(14)9-6-10(9)12(15)16-7-8-4-2-1-3-5-8/h1-5,9-10H,6-7H2,(H,13,14)/t9-,10-/m1/s1. The van der Waals surface area contributed by atoms with E-state index in [9.17, 15) is 9.59 Å². The van der Waals surface area contributed by atoms with E-state index in [0.29, 0.717) is 6.42 Å². The number of carboxylic acid groups (broad SMARTS) is 1. The molecule has 1 aliphatic rings. The van der Waals surface area contributed by atoms with Gasteiger partial charge in [0.1, 0.15) is 6.61 Å². The summed E-state index contributed by atoms with van der Waals surface area (Å²) in [6.45, 7) is 0.211. The van der Waals surface area contributed by atoms with Crippen LogP contribution in [0.3, 0.4) is 0 Å². The van der Waals surface area contributed by atoms with E-state index < -0.39 is 23.8 Å². The lowest BCUT2D eigenvalue weighted by molar-refractivity contribution is -0.149. The van der Waals surface area contributed by atoms with E-state index >= 15 is 0 Å². The van der Waals surface area contributed by atoms with Gasteiger partial charge in [0.05, 0.1) is 11.8 Å². The first-order valence-electron chi connectivity index (χ1n) is 5.12. The zero-order chi connectivity index (χ0) is 11.5. The third-order valence-corrected chi connectivity index (χ3v) is 2.63. The fraction of sp³-hybridized carbons (Fsp3) is 0.333. The highest BCUT2D eigenvalue weighted by Crippen LogP contribution is 2.39. The smallest absolute Gasteiger partial charge is 0.310 e. The van der Waals surface area contributed by atoms with Crippen LogP contribution in [-0.4, -0.2) is 17.0 Å². The third-order valence-electron chi connectivity index (χ3n) is 2.63. The van der Waals surface area contributed by atoms with Crippen molar-refractivity contribution in [3.8, 4) is 0 Å². The predicted octanol–water partition coefficient (Wildman–Crippen LogP) is 1.45. The van der Waals surface area contributed by atoms with Crippen LogP contribution in [0.25, 0.3) is 0 Å². The molecule has 4 heteroatoms. The summed E-state index contributed by atoms with van der Waals surface area (Å²) >= 11 is 0. The molecule has 0 heterocycles. The first kappa shape index (κ1) is 10.7. The number of carbonyl (C=O) groups is 2. The van der Waals surface area contributed by atoms with Gasteiger partial charge in [-0.05, 0) is 12.0 Å². The summed E-state index contributed by atoms with van der Waals surface area (Å²) in [5.74, 6) is -2.30. The second kappa shape index (κ2) is 4.35. The maximum absolute atomic E-state index is 11.4. The van der Waals surface area contributed by atoms with Crippen molar-refractivity contribution in [1.29, 1.82) is 0 Å². The predicted molar refractivity (Wildman–Crippen MR) is 55.5 cm³/mol. The highest BCUT2D eigenvalue weighted by molar-refractivity contribution is 5.86. The van der Waals surface area contributed by atoms with Crippen molar-refractivity contribution in [3.63, 3.8) is 0 Å². The summed E-state index contributed by atoms with van der Waals surface area (Å²) < 4.78 is 5.03. The Balaban J connectivity index is 1.80. The van der Waals surface area contributed by atoms with E-state index in [0.717, 1.165) is 5.56 Å². The molecule has 1 aromatic rings. The fourth-order valence-electron chi connectivity index (χ4n) is 1.56. The van der Waals surface area contributed by atoms with Gasteiger partial charge in [0.15, 0.2) is 0 Å². The second-order valence-electron chi connectivity index (χ2n) is 3.88. The van der Waals surface area contributed by atoms with Gasteiger partial charge in [0, 0.05) is 0 Å². The molecule has 0 aliphatic heterocycles. The summed E-state index contributed by atoms with van der Waals surface area (Å²) in [6.07, 6.45) is 0.406. The van der Waals surface area contributed by atoms with Gasteiger partial charge in [-0.25, -0.2) is 0 Å². The van der Waals surface area contributed by atoms with Crippen LogP contribution in [0.2, 0.25) is 0 Å². The van der Waals surface area contributed by atoms with Crippen molar-refractivity contribution in [1.82, 2.24) is 0 Å². The summed E-state index contributed by atoms with van der Waals surface area (Å²) in [4.78, 5) is 22.0. The molecule has 2 rings (SSSR count). The lowest BCUT2D eigenvalue weighted by Crippen LogP contribution is -2.11. The molecule has 0 spiro atoms. The van der Waals surface area contributed by atoms with Crippen molar-refractivity contribution >= 4 is 11.9 Å². The number of rotatable bonds is 4. The van der Waals surface area contributed by atoms with Gasteiger partial charge in [0.2, 0.25) is 0 Å². The zero-order valence-corrected chi connectivity index (χ0v) is 8.63. The highest BCUT2D eigenvalue weighted by Gasteiger charge is 2.49. The van der Waals surface area contributed by atoms with Gasteiger partial charge in [-0.1, -0.05) is 30.3 Å². The number of ether oxygens (including phenoxy) is 1. The van der Waals surface area contributed by atoms with Crippen molar-refractivity contribution in [2.24, 2.45) is 11.8 Å². The highest BCUT2D eigenvalue weighted by atomic mass is 16.5. The minimum Gasteiger partial charge on any atom is -0.481 e. The van der Waals surface area contributed by atoms with Crippen molar-refractivity contribution in [2.45, 2.75) is 13.0 Å². The molecule has 1 fully saturated rings. The lowest BCUT2D eigenvalue weighted by Gasteiger charge is -2.03. The maximum atomic E-state index is 11.4. The van der Waals surface area contributed by atoms with Crippen molar-refractivity contribution in [2.75, 3.05) is 0 Å². The van der Waals surface area contributed by atoms with Crippen LogP contribution in [-0.2, 0) is 20.9 Å². The number of carboxylic acids is 1. The van der Waals surface area contributed by atoms with Crippen LogP contribution >= 0.6 is 0 Å². The molecule has 0 unspecified atom stereocenters. The van der Waals surface area contributed by atoms with Gasteiger partial charge in [-0.15, -0.1) is 0 Å². The van der Waals surface area contributed by atoms with Gasteiger partial charge in [-0.3, -0.25) is 9.59 Å². The van der Waals surface area contributed by atoms with E-state index in [4.69, 9.17) is 9.84 Å². The molecular formula is C12H12O4. The monoisotopic (exact) mass is 220 g/mol. The van der Waals surface area contributed by atoms with Crippen LogP contribution < -0.4 is 0 Å². The molecule has 0 radical (unpaired) electrons. The fourth-order valence-corrected chi connectivity index (χ4v) is 1.56. The Labute approximate surface area is 92.8 Å². The second-order valence-corrected chi connectivity index (χ2v) is 3.88. The largest absolute Gasteiger partial charge is 0.481 e. The minimum atomic E-state index is -0.915. The summed E-state index contributed by atoms with van der Waals surface area (Å²) in [7, 11) is 0. The zero-order valence-electron chi connectivity index (χ0n) is 8.63. The Hall–Kier alpha value is -1.84. The van der Waals surface area contributed by atoms with Crippen LogP contribution in [0.1, 0.15) is 12.0 Å². The Kier molecular flexibility index (Phi) is 2.90. The van der Waals surface area contributed by atoms with Crippen LogP contribution in [0.15, 0.2) is 30.3 Å². The van der Waals surface area contributed by atoms with E-state index in [1.165, 1.54) is 0 Å². The molecule has 1 aliphatic carbocycles. The molecule has 16 heavy (non-hydrogen) atoms. The van der Waals surface area contributed by atoms with E-state index in [-0.39, 0.29) is 6.61 Å². The summed E-state index contributed by atoms with van der Waals surface area (Å²) in [5, 5.41) is 8.65. The topological polar surface area (TPSA) is 63.6 Å². The van der Waals surface area contributed by atoms with E-state index in [2.05, 4.69) is 0 Å². The average Bonchev–Trinajstić information content (AvgIpc) is 3.07. The van der Waals surface area contributed by atoms with Gasteiger partial charge >= 0.3 is 11.9 Å². The van der Waals surface area contributed by atoms with Crippen molar-refractivity contribution < 1.29 is 19.4 Å². The third kappa shape index (κ3) is 2.39. The molecule has 2 atom stereocenters. The van der Waals surface area contributed by atoms with Gasteiger partial charge < -0.3 is 9.84 Å². The SMILES string of the molecule is O=C(O)[C@@H]1C[C@H]1C(=O)OCc1ccccc1. The van der Waals surface area contributed by atoms with Crippen molar-refractivity contribution in [3.05, 3.63) is 35.9 Å². The first-order valence-corrected chi connectivity index (χ1v) is 5.12. The number of carbonyl (C=O) groups excluding carboxylic acids is 1. The quantitative estimate of drug-likeness (QED) is 0.780. The maximum Gasteiger partial charge on any atom is 0.310 e. The number of aliphatic carboxylic acids is 1. The molecule has 0 amide bonds. The summed E-state index contributed by atoms with van der Waals surface area (Å²) in [5.41, 5.74) is 0.906. The number of hydrogen-bond acceptors (Lipinski definition) is 3. The van der Waals surface area contributed by atoms with E-state index in [1.807, 2.05) is 30.3 Å². The molecule has 0 bridgehead atoms. The average molecular weight is 220 g/mol. The molecule has 4 nitrogen and oxygen atoms in total. The lowest BCUT2D eigenvalue weighted by atomic mass is 10.2. The van der Waals surface area contributed by atoms with Gasteiger partial charge in [0.25, 0.3) is 0 Å². The Bertz CT molecular complexity index is 399. The Morgan fingerprint density at radius 3 is 2.50 bits per heavy atom.